The Bertz CT molecular complexity index is 1030. The number of carbonyl (C=O) groups is 1. The van der Waals surface area contributed by atoms with Crippen molar-refractivity contribution >= 4 is 17.8 Å². The molecule has 29 heavy (non-hydrogen) atoms. The van der Waals surface area contributed by atoms with Crippen LogP contribution in [-0.4, -0.2) is 18.7 Å². The zero-order valence-electron chi connectivity index (χ0n) is 15.5. The van der Waals surface area contributed by atoms with Crippen LogP contribution >= 0.6 is 0 Å². The first-order valence-electron chi connectivity index (χ1n) is 8.72. The van der Waals surface area contributed by atoms with E-state index in [1.807, 2.05) is 31.2 Å². The minimum absolute atomic E-state index is 0.0375. The summed E-state index contributed by atoms with van der Waals surface area (Å²) in [4.78, 5) is 11.9. The summed E-state index contributed by atoms with van der Waals surface area (Å²) in [5, 5.41) is 6.80. The Morgan fingerprint density at radius 3 is 2.66 bits per heavy atom. The maximum Gasteiger partial charge on any atom is 0.416 e. The second-order valence-corrected chi connectivity index (χ2v) is 6.24. The number of aryl methyl sites for hydroxylation is 1. The maximum atomic E-state index is 12.8. The second-order valence-electron chi connectivity index (χ2n) is 6.24. The highest BCUT2D eigenvalue weighted by Gasteiger charge is 2.30. The van der Waals surface area contributed by atoms with Gasteiger partial charge in [-0.15, -0.1) is 0 Å². The Hall–Kier alpha value is -3.55. The molecular weight excluding hydrogens is 383 g/mol. The minimum atomic E-state index is -4.43. The summed E-state index contributed by atoms with van der Waals surface area (Å²) in [6.07, 6.45) is -3.15. The molecule has 2 aromatic carbocycles. The third-order valence-corrected chi connectivity index (χ3v) is 4.07. The molecule has 1 heterocycles. The molecule has 0 aliphatic heterocycles. The number of para-hydroxylation sites is 1. The largest absolute Gasteiger partial charge is 0.455 e. The molecule has 3 rings (SSSR count). The average Bonchev–Trinajstić information content (AvgIpc) is 3.16. The molecule has 0 atom stereocenters. The van der Waals surface area contributed by atoms with Crippen LogP contribution < -0.4 is 10.7 Å². The molecule has 0 aliphatic carbocycles. The number of alkyl halides is 3. The highest BCUT2D eigenvalue weighted by Crippen LogP contribution is 2.32. The Labute approximate surface area is 165 Å². The number of anilines is 1. The van der Waals surface area contributed by atoms with E-state index in [0.717, 1.165) is 23.4 Å². The van der Waals surface area contributed by atoms with E-state index in [2.05, 4.69) is 15.8 Å². The molecule has 0 bridgehead atoms. The molecule has 0 saturated heterocycles. The standard InChI is InChI=1S/C21H18F3N3O2/c1-14-5-2-3-8-18(14)25-13-20(28)27-26-12-17-9-10-19(29-17)15-6-4-7-16(11-15)21(22,23)24/h2-12,25H,13H2,1H3,(H,27,28)/b26-12+. The Kier molecular flexibility index (Phi) is 6.01. The topological polar surface area (TPSA) is 66.6 Å². The number of halogens is 3. The lowest BCUT2D eigenvalue weighted by atomic mass is 10.1. The summed E-state index contributed by atoms with van der Waals surface area (Å²) in [5.74, 6) is 0.212. The third-order valence-electron chi connectivity index (χ3n) is 4.07. The number of benzene rings is 2. The van der Waals surface area contributed by atoms with Crippen LogP contribution in [0.1, 0.15) is 16.9 Å². The van der Waals surface area contributed by atoms with Gasteiger partial charge < -0.3 is 9.73 Å². The Morgan fingerprint density at radius 2 is 1.90 bits per heavy atom. The first-order chi connectivity index (χ1) is 13.8. The molecule has 1 aromatic heterocycles. The van der Waals surface area contributed by atoms with Crippen molar-refractivity contribution in [2.75, 3.05) is 11.9 Å². The van der Waals surface area contributed by atoms with Crippen LogP contribution in [0.2, 0.25) is 0 Å². The van der Waals surface area contributed by atoms with Crippen LogP contribution in [0.5, 0.6) is 0 Å². The Morgan fingerprint density at radius 1 is 1.10 bits per heavy atom. The fourth-order valence-electron chi connectivity index (χ4n) is 2.58. The predicted octanol–water partition coefficient (Wildman–Crippen LogP) is 4.84. The zero-order chi connectivity index (χ0) is 20.9. The summed E-state index contributed by atoms with van der Waals surface area (Å²) in [5.41, 5.74) is 3.77. The van der Waals surface area contributed by atoms with E-state index in [0.29, 0.717) is 11.3 Å². The average molecular weight is 401 g/mol. The summed E-state index contributed by atoms with van der Waals surface area (Å²) < 4.78 is 44.0. The number of nitrogens with one attached hydrogen (secondary N) is 2. The molecule has 0 fully saturated rings. The molecule has 0 saturated carbocycles. The molecular formula is C21H18F3N3O2. The van der Waals surface area contributed by atoms with Gasteiger partial charge in [-0.25, -0.2) is 5.43 Å². The van der Waals surface area contributed by atoms with Gasteiger partial charge in [-0.1, -0.05) is 30.3 Å². The van der Waals surface area contributed by atoms with Crippen molar-refractivity contribution in [3.63, 3.8) is 0 Å². The van der Waals surface area contributed by atoms with Crippen molar-refractivity contribution in [2.45, 2.75) is 13.1 Å². The van der Waals surface area contributed by atoms with Gasteiger partial charge in [0, 0.05) is 11.3 Å². The normalized spacial score (nSPS) is 11.6. The van der Waals surface area contributed by atoms with Crippen LogP contribution in [0.4, 0.5) is 18.9 Å². The summed E-state index contributed by atoms with van der Waals surface area (Å²) in [7, 11) is 0. The number of carbonyl (C=O) groups excluding carboxylic acids is 1. The number of nitrogens with zero attached hydrogens (tertiary/aromatic N) is 1. The van der Waals surface area contributed by atoms with E-state index >= 15 is 0 Å². The fourth-order valence-corrected chi connectivity index (χ4v) is 2.58. The van der Waals surface area contributed by atoms with Gasteiger partial charge in [0.05, 0.1) is 18.3 Å². The summed E-state index contributed by atoms with van der Waals surface area (Å²) >= 11 is 0. The van der Waals surface area contributed by atoms with Crippen molar-refractivity contribution < 1.29 is 22.4 Å². The van der Waals surface area contributed by atoms with Crippen molar-refractivity contribution in [3.8, 4) is 11.3 Å². The number of hydrazone groups is 1. The van der Waals surface area contributed by atoms with Crippen molar-refractivity contribution in [1.29, 1.82) is 0 Å². The lowest BCUT2D eigenvalue weighted by Crippen LogP contribution is -2.26. The van der Waals surface area contributed by atoms with E-state index in [1.54, 1.807) is 12.1 Å². The fraction of sp³-hybridized carbons (Fsp3) is 0.143. The predicted molar refractivity (Wildman–Crippen MR) is 105 cm³/mol. The quantitative estimate of drug-likeness (QED) is 0.459. The maximum absolute atomic E-state index is 12.8. The van der Waals surface area contributed by atoms with Gasteiger partial charge in [0.15, 0.2) is 0 Å². The van der Waals surface area contributed by atoms with E-state index in [9.17, 15) is 18.0 Å². The first-order valence-corrected chi connectivity index (χ1v) is 8.72. The lowest BCUT2D eigenvalue weighted by molar-refractivity contribution is -0.137. The highest BCUT2D eigenvalue weighted by molar-refractivity contribution is 5.83. The lowest BCUT2D eigenvalue weighted by Gasteiger charge is -2.07. The van der Waals surface area contributed by atoms with E-state index in [1.165, 1.54) is 18.3 Å². The van der Waals surface area contributed by atoms with Crippen molar-refractivity contribution in [1.82, 2.24) is 5.43 Å². The van der Waals surface area contributed by atoms with E-state index in [4.69, 9.17) is 4.42 Å². The van der Waals surface area contributed by atoms with E-state index in [-0.39, 0.29) is 18.2 Å². The molecule has 2 N–H and O–H groups in total. The number of furan rings is 1. The molecule has 0 unspecified atom stereocenters. The monoisotopic (exact) mass is 401 g/mol. The SMILES string of the molecule is Cc1ccccc1NCC(=O)N/N=C/c1ccc(-c2cccc(C(F)(F)F)c2)o1. The van der Waals surface area contributed by atoms with Gasteiger partial charge in [0.25, 0.3) is 5.91 Å². The highest BCUT2D eigenvalue weighted by atomic mass is 19.4. The third kappa shape index (κ3) is 5.47. The van der Waals surface area contributed by atoms with Crippen LogP contribution in [0.25, 0.3) is 11.3 Å². The molecule has 5 nitrogen and oxygen atoms in total. The first kappa shape index (κ1) is 20.2. The van der Waals surface area contributed by atoms with E-state index < -0.39 is 11.7 Å². The van der Waals surface area contributed by atoms with Gasteiger partial charge in [0.1, 0.15) is 11.5 Å². The van der Waals surface area contributed by atoms with Crippen molar-refractivity contribution in [3.05, 3.63) is 77.6 Å². The number of rotatable bonds is 6. The second kappa shape index (κ2) is 8.64. The van der Waals surface area contributed by atoms with Gasteiger partial charge >= 0.3 is 6.18 Å². The van der Waals surface area contributed by atoms with Crippen LogP contribution in [0.3, 0.4) is 0 Å². The van der Waals surface area contributed by atoms with Crippen molar-refractivity contribution in [2.24, 2.45) is 5.10 Å². The summed E-state index contributed by atoms with van der Waals surface area (Å²) in [6, 6.07) is 15.5. The van der Waals surface area contributed by atoms with Gasteiger partial charge in [0.2, 0.25) is 0 Å². The molecule has 1 amide bonds. The molecule has 8 heteroatoms. The zero-order valence-corrected chi connectivity index (χ0v) is 15.5. The van der Waals surface area contributed by atoms with Gasteiger partial charge in [-0.2, -0.15) is 18.3 Å². The molecule has 150 valence electrons. The van der Waals surface area contributed by atoms with Gasteiger partial charge in [-0.3, -0.25) is 4.79 Å². The smallest absolute Gasteiger partial charge is 0.416 e. The Balaban J connectivity index is 1.57. The molecule has 0 radical (unpaired) electrons. The molecule has 0 spiro atoms. The molecule has 3 aromatic rings. The summed E-state index contributed by atoms with van der Waals surface area (Å²) in [6.45, 7) is 1.97. The van der Waals surface area contributed by atoms with Crippen LogP contribution in [-0.2, 0) is 11.0 Å². The number of hydrogen-bond acceptors (Lipinski definition) is 4. The van der Waals surface area contributed by atoms with Gasteiger partial charge in [-0.05, 0) is 42.8 Å². The molecule has 0 aliphatic rings. The number of amides is 1. The number of hydrogen-bond donors (Lipinski definition) is 2. The van der Waals surface area contributed by atoms with Crippen LogP contribution in [0, 0.1) is 6.92 Å². The van der Waals surface area contributed by atoms with Crippen LogP contribution in [0.15, 0.2) is 70.2 Å². The minimum Gasteiger partial charge on any atom is -0.455 e.